The van der Waals surface area contributed by atoms with Gasteiger partial charge in [-0.25, -0.2) is 0 Å². The second kappa shape index (κ2) is 5.92. The number of nitrogens with zero attached hydrogens (tertiary/aromatic N) is 1. The number of hydrogen-bond donors (Lipinski definition) is 1. The highest BCUT2D eigenvalue weighted by Gasteiger charge is 2.47. The molecule has 1 aliphatic heterocycles. The van der Waals surface area contributed by atoms with Crippen molar-refractivity contribution in [2.45, 2.75) is 71.3 Å². The van der Waals surface area contributed by atoms with E-state index in [0.717, 1.165) is 0 Å². The van der Waals surface area contributed by atoms with Crippen molar-refractivity contribution in [3.05, 3.63) is 0 Å². The van der Waals surface area contributed by atoms with Gasteiger partial charge in [0.2, 0.25) is 0 Å². The number of hydrogen-bond acceptors (Lipinski definition) is 2. The molecule has 2 fully saturated rings. The zero-order valence-electron chi connectivity index (χ0n) is 12.7. The molecular formula is C16H32N2. The van der Waals surface area contributed by atoms with Crippen molar-refractivity contribution in [2.24, 2.45) is 5.41 Å². The summed E-state index contributed by atoms with van der Waals surface area (Å²) >= 11 is 0. The van der Waals surface area contributed by atoms with Crippen LogP contribution in [0.2, 0.25) is 0 Å². The average Bonchev–Trinajstić information content (AvgIpc) is 2.66. The minimum absolute atomic E-state index is 0.453. The molecule has 0 unspecified atom stereocenters. The van der Waals surface area contributed by atoms with Gasteiger partial charge in [0.05, 0.1) is 0 Å². The van der Waals surface area contributed by atoms with Gasteiger partial charge in [-0.15, -0.1) is 0 Å². The van der Waals surface area contributed by atoms with E-state index in [-0.39, 0.29) is 0 Å². The van der Waals surface area contributed by atoms with Crippen LogP contribution in [0.4, 0.5) is 0 Å². The fraction of sp³-hybridized carbons (Fsp3) is 1.00. The lowest BCUT2D eigenvalue weighted by molar-refractivity contribution is -0.0396. The third-order valence-corrected chi connectivity index (χ3v) is 5.80. The van der Waals surface area contributed by atoms with Crippen LogP contribution < -0.4 is 5.32 Å². The molecule has 1 saturated heterocycles. The first-order valence-corrected chi connectivity index (χ1v) is 8.08. The summed E-state index contributed by atoms with van der Waals surface area (Å²) in [6.45, 7) is 12.3. The topological polar surface area (TPSA) is 15.3 Å². The second-order valence-electron chi connectivity index (χ2n) is 6.92. The van der Waals surface area contributed by atoms with E-state index in [4.69, 9.17) is 0 Å². The third kappa shape index (κ3) is 2.60. The van der Waals surface area contributed by atoms with E-state index in [9.17, 15) is 0 Å². The smallest absolute Gasteiger partial charge is 0.0261 e. The minimum Gasteiger partial charge on any atom is -0.314 e. The molecular weight excluding hydrogens is 220 g/mol. The van der Waals surface area contributed by atoms with Gasteiger partial charge in [0.1, 0.15) is 0 Å². The van der Waals surface area contributed by atoms with E-state index in [1.165, 1.54) is 71.1 Å². The lowest BCUT2D eigenvalue weighted by Crippen LogP contribution is -2.62. The van der Waals surface area contributed by atoms with Gasteiger partial charge >= 0.3 is 0 Å². The molecule has 1 aliphatic carbocycles. The number of piperazine rings is 1. The first-order valence-electron chi connectivity index (χ1n) is 8.08. The van der Waals surface area contributed by atoms with Gasteiger partial charge in [-0.2, -0.15) is 0 Å². The highest BCUT2D eigenvalue weighted by Crippen LogP contribution is 2.47. The van der Waals surface area contributed by atoms with Crippen LogP contribution in [0.15, 0.2) is 0 Å². The first kappa shape index (κ1) is 14.3. The Labute approximate surface area is 114 Å². The molecule has 0 aromatic carbocycles. The lowest BCUT2D eigenvalue weighted by atomic mass is 9.65. The van der Waals surface area contributed by atoms with Crippen LogP contribution in [0, 0.1) is 5.41 Å². The Morgan fingerprint density at radius 2 is 1.56 bits per heavy atom. The van der Waals surface area contributed by atoms with Gasteiger partial charge in [0.15, 0.2) is 0 Å². The zero-order valence-corrected chi connectivity index (χ0v) is 12.7. The Balaban J connectivity index is 2.24. The summed E-state index contributed by atoms with van der Waals surface area (Å²) in [4.78, 5) is 2.85. The molecule has 0 atom stereocenters. The molecule has 1 N–H and O–H groups in total. The number of rotatable bonds is 3. The van der Waals surface area contributed by atoms with Gasteiger partial charge in [-0.3, -0.25) is 4.90 Å². The molecule has 2 nitrogen and oxygen atoms in total. The van der Waals surface area contributed by atoms with Crippen molar-refractivity contribution in [1.82, 2.24) is 10.2 Å². The summed E-state index contributed by atoms with van der Waals surface area (Å²) in [6.07, 6.45) is 9.93. The Bertz CT molecular complexity index is 246. The molecule has 0 aromatic rings. The predicted octanol–water partition coefficient (Wildman–Crippen LogP) is 3.42. The molecule has 2 aliphatic rings. The van der Waals surface area contributed by atoms with E-state index in [2.05, 4.69) is 31.0 Å². The summed E-state index contributed by atoms with van der Waals surface area (Å²) in [5, 5.41) is 3.51. The van der Waals surface area contributed by atoms with E-state index in [1.807, 2.05) is 0 Å². The molecule has 0 aromatic heterocycles. The maximum absolute atomic E-state index is 3.51. The molecule has 106 valence electrons. The Morgan fingerprint density at radius 1 is 1.00 bits per heavy atom. The molecule has 0 spiro atoms. The van der Waals surface area contributed by atoms with Crippen LogP contribution in [0.1, 0.15) is 65.7 Å². The Hall–Kier alpha value is -0.0800. The Kier molecular flexibility index (Phi) is 4.71. The molecule has 1 saturated carbocycles. The van der Waals surface area contributed by atoms with Gasteiger partial charge < -0.3 is 5.32 Å². The van der Waals surface area contributed by atoms with Crippen molar-refractivity contribution in [2.75, 3.05) is 26.2 Å². The fourth-order valence-electron chi connectivity index (χ4n) is 4.16. The van der Waals surface area contributed by atoms with Crippen molar-refractivity contribution < 1.29 is 0 Å². The third-order valence-electron chi connectivity index (χ3n) is 5.80. The monoisotopic (exact) mass is 252 g/mol. The maximum atomic E-state index is 3.51. The van der Waals surface area contributed by atoms with Crippen LogP contribution in [0.25, 0.3) is 0 Å². The first-order chi connectivity index (χ1) is 8.62. The van der Waals surface area contributed by atoms with Crippen LogP contribution >= 0.6 is 0 Å². The lowest BCUT2D eigenvalue weighted by Gasteiger charge is -2.55. The van der Waals surface area contributed by atoms with E-state index >= 15 is 0 Å². The standard InChI is InChI=1S/C16H32N2/c1-4-15(2,3)16(9-7-5-6-8-10-16)18-13-11-17-12-14-18/h17H,4-14H2,1-3H3. The largest absolute Gasteiger partial charge is 0.314 e. The van der Waals surface area contributed by atoms with Crippen LogP contribution in [-0.4, -0.2) is 36.6 Å². The average molecular weight is 252 g/mol. The van der Waals surface area contributed by atoms with Crippen molar-refractivity contribution in [1.29, 1.82) is 0 Å². The predicted molar refractivity (Wildman–Crippen MR) is 78.9 cm³/mol. The minimum atomic E-state index is 0.453. The summed E-state index contributed by atoms with van der Waals surface area (Å²) < 4.78 is 0. The molecule has 18 heavy (non-hydrogen) atoms. The van der Waals surface area contributed by atoms with Crippen LogP contribution in [-0.2, 0) is 0 Å². The Morgan fingerprint density at radius 3 is 2.06 bits per heavy atom. The highest BCUT2D eigenvalue weighted by atomic mass is 15.3. The van der Waals surface area contributed by atoms with E-state index in [0.29, 0.717) is 11.0 Å². The molecule has 1 heterocycles. The van der Waals surface area contributed by atoms with Crippen LogP contribution in [0.5, 0.6) is 0 Å². The van der Waals surface area contributed by atoms with Gasteiger partial charge in [0, 0.05) is 31.7 Å². The molecule has 0 bridgehead atoms. The zero-order chi connectivity index (χ0) is 13.1. The van der Waals surface area contributed by atoms with Gasteiger partial charge in [-0.05, 0) is 24.7 Å². The van der Waals surface area contributed by atoms with Crippen LogP contribution in [0.3, 0.4) is 0 Å². The maximum Gasteiger partial charge on any atom is 0.0261 e. The fourth-order valence-corrected chi connectivity index (χ4v) is 4.16. The van der Waals surface area contributed by atoms with Crippen molar-refractivity contribution >= 4 is 0 Å². The number of nitrogens with one attached hydrogen (secondary N) is 1. The van der Waals surface area contributed by atoms with E-state index in [1.54, 1.807) is 0 Å². The molecule has 0 radical (unpaired) electrons. The normalized spacial score (nSPS) is 26.8. The second-order valence-corrected chi connectivity index (χ2v) is 6.92. The molecule has 2 heteroatoms. The molecule has 0 amide bonds. The van der Waals surface area contributed by atoms with Crippen molar-refractivity contribution in [3.8, 4) is 0 Å². The highest BCUT2D eigenvalue weighted by molar-refractivity contribution is 5.03. The quantitative estimate of drug-likeness (QED) is 0.774. The SMILES string of the molecule is CCC(C)(C)C1(N2CCNCC2)CCCCCC1. The van der Waals surface area contributed by atoms with Crippen molar-refractivity contribution in [3.63, 3.8) is 0 Å². The summed E-state index contributed by atoms with van der Waals surface area (Å²) in [7, 11) is 0. The summed E-state index contributed by atoms with van der Waals surface area (Å²) in [6, 6.07) is 0. The van der Waals surface area contributed by atoms with E-state index < -0.39 is 0 Å². The van der Waals surface area contributed by atoms with Gasteiger partial charge in [0.25, 0.3) is 0 Å². The molecule has 2 rings (SSSR count). The summed E-state index contributed by atoms with van der Waals surface area (Å²) in [5.41, 5.74) is 0.926. The summed E-state index contributed by atoms with van der Waals surface area (Å²) in [5.74, 6) is 0. The van der Waals surface area contributed by atoms with Gasteiger partial charge in [-0.1, -0.05) is 46.5 Å².